The first-order chi connectivity index (χ1) is 30.7. The Labute approximate surface area is 374 Å². The van der Waals surface area contributed by atoms with Gasteiger partial charge < -0.3 is 53.3 Å². The molecule has 0 radical (unpaired) electrons. The zero-order chi connectivity index (χ0) is 46.2. The summed E-state index contributed by atoms with van der Waals surface area (Å²) in [7, 11) is 1.45. The lowest BCUT2D eigenvalue weighted by atomic mass is 9.84. The molecule has 11 N–H and O–H groups in total. The van der Waals surface area contributed by atoms with Crippen molar-refractivity contribution in [2.75, 3.05) is 20.1 Å². The summed E-state index contributed by atoms with van der Waals surface area (Å²) in [6.45, 7) is 3.08. The van der Waals surface area contributed by atoms with E-state index >= 15 is 0 Å². The van der Waals surface area contributed by atoms with E-state index in [1.807, 2.05) is 54.6 Å². The maximum atomic E-state index is 14.5. The van der Waals surface area contributed by atoms with E-state index in [1.165, 1.54) is 25.8 Å². The van der Waals surface area contributed by atoms with Crippen molar-refractivity contribution in [2.24, 2.45) is 22.4 Å². The van der Waals surface area contributed by atoms with Crippen molar-refractivity contribution < 1.29 is 33.6 Å². The van der Waals surface area contributed by atoms with E-state index in [1.54, 1.807) is 6.20 Å². The highest BCUT2D eigenvalue weighted by molar-refractivity contribution is 5.97. The largest absolute Gasteiger partial charge is 0.370 e. The van der Waals surface area contributed by atoms with E-state index in [4.69, 9.17) is 11.5 Å². The number of rotatable bonds is 13. The molecule has 1 aliphatic carbocycles. The summed E-state index contributed by atoms with van der Waals surface area (Å²) in [5, 5.41) is 17.9. The molecule has 2 aromatic carbocycles. The number of fused-ring (bicyclic) bond motifs is 1. The molecule has 3 aromatic rings. The highest BCUT2D eigenvalue weighted by atomic mass is 16.2. The quantitative estimate of drug-likeness (QED) is 0.0677. The summed E-state index contributed by atoms with van der Waals surface area (Å²) < 4.78 is 0. The molecule has 18 heteroatoms. The van der Waals surface area contributed by atoms with Gasteiger partial charge in [0.1, 0.15) is 36.3 Å². The summed E-state index contributed by atoms with van der Waals surface area (Å²) >= 11 is 0. The summed E-state index contributed by atoms with van der Waals surface area (Å²) in [6.07, 6.45) is 7.83. The van der Waals surface area contributed by atoms with E-state index in [-0.39, 0.29) is 57.1 Å². The summed E-state index contributed by atoms with van der Waals surface area (Å²) in [4.78, 5) is 106. The number of aromatic amines is 1. The first-order valence-corrected chi connectivity index (χ1v) is 22.4. The normalized spacial score (nSPS) is 22.8. The number of hydrogen-bond donors (Lipinski definition) is 9. The molecule has 346 valence electrons. The minimum Gasteiger partial charge on any atom is -0.370 e. The van der Waals surface area contributed by atoms with Crippen LogP contribution in [0.1, 0.15) is 89.2 Å². The maximum Gasteiger partial charge on any atom is 0.245 e. The minimum atomic E-state index is -1.17. The van der Waals surface area contributed by atoms with E-state index in [2.05, 4.69) is 41.9 Å². The first-order valence-electron chi connectivity index (χ1n) is 22.4. The van der Waals surface area contributed by atoms with Crippen molar-refractivity contribution in [1.82, 2.24) is 41.8 Å². The molecule has 2 fully saturated rings. The van der Waals surface area contributed by atoms with Crippen molar-refractivity contribution in [3.05, 3.63) is 71.9 Å². The first kappa shape index (κ1) is 48.6. The van der Waals surface area contributed by atoms with Crippen LogP contribution < -0.4 is 43.4 Å². The Balaban J connectivity index is 1.46. The van der Waals surface area contributed by atoms with Gasteiger partial charge in [-0.1, -0.05) is 80.6 Å². The number of nitrogens with one attached hydrogen (secondary N) is 7. The number of amides is 7. The molecule has 1 saturated carbocycles. The SMILES string of the molecule is CC(=O)N[C@@H](Cc1ccccc1)C(=O)N[C@H]1CCCNC(=O)[C@H](CCCN=C(N)N)NC(=O)[C@H](Cc2c[nH]c3ccccc23)NC(=O)[C@@H](CC2CCCCC2)NC(=O)[C@H](C)N(C)C1=O. The lowest BCUT2D eigenvalue weighted by Crippen LogP contribution is -2.60. The number of para-hydroxylation sites is 1. The standard InChI is InChI=1S/C46H65N11O7/c1-28-40(59)55-38(25-31-16-8-5-9-17-31)43(62)56-39(26-32-27-51-34-19-11-10-18-33(32)34)44(63)53-35(20-12-23-50-46(47)48)41(60)49-22-13-21-36(45(64)57(28)3)54-42(61)37(52-29(2)58)24-30-14-6-4-7-15-30/h4,6-7,10-11,14-15,18-19,27-28,31,35-39,51H,5,8-9,12-13,16-17,20-26H2,1-3H3,(H,49,60)(H,52,58)(H,53,63)(H,54,61)(H,55,59)(H,56,62)(H4,47,48,50)/t28-,35-,36-,37-,38+,39-/m0/s1. The Hall–Kier alpha value is -6.46. The molecule has 1 saturated heterocycles. The molecule has 1 aliphatic heterocycles. The fourth-order valence-corrected chi connectivity index (χ4v) is 8.41. The molecule has 18 nitrogen and oxygen atoms in total. The van der Waals surface area contributed by atoms with Crippen molar-refractivity contribution in [3.8, 4) is 0 Å². The van der Waals surface area contributed by atoms with Crippen LogP contribution in [0.3, 0.4) is 0 Å². The number of H-pyrrole nitrogens is 1. The van der Waals surface area contributed by atoms with E-state index in [0.29, 0.717) is 12.8 Å². The number of aromatic nitrogens is 1. The van der Waals surface area contributed by atoms with Crippen LogP contribution in [0.25, 0.3) is 10.9 Å². The van der Waals surface area contributed by atoms with Gasteiger partial charge in [-0.05, 0) is 62.1 Å². The molecule has 0 unspecified atom stereocenters. The Morgan fingerprint density at radius 3 is 2.22 bits per heavy atom. The summed E-state index contributed by atoms with van der Waals surface area (Å²) in [6, 6.07) is 10.1. The van der Waals surface area contributed by atoms with Gasteiger partial charge in [-0.15, -0.1) is 0 Å². The number of nitrogens with zero attached hydrogens (tertiary/aromatic N) is 2. The third-order valence-electron chi connectivity index (χ3n) is 12.1. The molecule has 2 aliphatic rings. The Bertz CT molecular complexity index is 2120. The van der Waals surface area contributed by atoms with Crippen LogP contribution in [0, 0.1) is 5.92 Å². The second-order valence-electron chi connectivity index (χ2n) is 17.0. The molecular weight excluding hydrogens is 819 g/mol. The predicted octanol–water partition coefficient (Wildman–Crippen LogP) is 1.18. The number of nitrogens with two attached hydrogens (primary N) is 2. The summed E-state index contributed by atoms with van der Waals surface area (Å²) in [5.41, 5.74) is 13.5. The number of guanidine groups is 1. The van der Waals surface area contributed by atoms with Gasteiger partial charge in [-0.3, -0.25) is 38.6 Å². The van der Waals surface area contributed by atoms with Gasteiger partial charge in [0.2, 0.25) is 41.4 Å². The molecular formula is C46H65N11O7. The number of carbonyl (C=O) groups excluding carboxylic acids is 7. The molecule has 5 rings (SSSR count). The molecule has 0 spiro atoms. The van der Waals surface area contributed by atoms with Crippen molar-refractivity contribution in [1.29, 1.82) is 0 Å². The lowest BCUT2D eigenvalue weighted by molar-refractivity contribution is -0.142. The molecule has 6 atom stereocenters. The number of carbonyl (C=O) groups is 7. The van der Waals surface area contributed by atoms with Crippen molar-refractivity contribution in [2.45, 2.75) is 127 Å². The summed E-state index contributed by atoms with van der Waals surface area (Å²) in [5.74, 6) is -3.90. The van der Waals surface area contributed by atoms with Crippen LogP contribution in [-0.2, 0) is 46.4 Å². The van der Waals surface area contributed by atoms with E-state index < -0.39 is 77.6 Å². The fourth-order valence-electron chi connectivity index (χ4n) is 8.41. The number of aliphatic imine (C=N–C) groups is 1. The zero-order valence-electron chi connectivity index (χ0n) is 37.1. The molecule has 7 amide bonds. The monoisotopic (exact) mass is 884 g/mol. The van der Waals surface area contributed by atoms with Gasteiger partial charge >= 0.3 is 0 Å². The molecule has 1 aromatic heterocycles. The topological polar surface area (TPSA) is 275 Å². The average Bonchev–Trinajstić information content (AvgIpc) is 3.69. The van der Waals surface area contributed by atoms with Gasteiger partial charge in [0.05, 0.1) is 0 Å². The Kier molecular flexibility index (Phi) is 18.1. The molecule has 2 heterocycles. The van der Waals surface area contributed by atoms with Crippen LogP contribution in [-0.4, -0.2) is 114 Å². The number of hydrogen-bond acceptors (Lipinski definition) is 8. The Morgan fingerprint density at radius 1 is 0.828 bits per heavy atom. The van der Waals surface area contributed by atoms with Crippen molar-refractivity contribution in [3.63, 3.8) is 0 Å². The second kappa shape index (κ2) is 23.8. The number of likely N-dealkylation sites (N-methyl/N-ethyl adjacent to an activating group) is 1. The average molecular weight is 884 g/mol. The van der Waals surface area contributed by atoms with Gasteiger partial charge in [0, 0.05) is 57.0 Å². The van der Waals surface area contributed by atoms with Crippen molar-refractivity contribution >= 4 is 58.2 Å². The second-order valence-corrected chi connectivity index (χ2v) is 17.0. The maximum absolute atomic E-state index is 14.5. The highest BCUT2D eigenvalue weighted by Crippen LogP contribution is 2.28. The predicted molar refractivity (Wildman–Crippen MR) is 243 cm³/mol. The zero-order valence-corrected chi connectivity index (χ0v) is 37.1. The van der Waals surface area contributed by atoms with Gasteiger partial charge in [0.25, 0.3) is 0 Å². The number of benzene rings is 2. The van der Waals surface area contributed by atoms with Crippen LogP contribution in [0.4, 0.5) is 0 Å². The van der Waals surface area contributed by atoms with Crippen LogP contribution in [0.15, 0.2) is 65.8 Å². The van der Waals surface area contributed by atoms with E-state index in [0.717, 1.165) is 54.1 Å². The molecule has 0 bridgehead atoms. The minimum absolute atomic E-state index is 0.0442. The van der Waals surface area contributed by atoms with Gasteiger partial charge in [-0.25, -0.2) is 0 Å². The van der Waals surface area contributed by atoms with Crippen LogP contribution >= 0.6 is 0 Å². The Morgan fingerprint density at radius 2 is 1.50 bits per heavy atom. The van der Waals surface area contributed by atoms with Gasteiger partial charge in [-0.2, -0.15) is 0 Å². The molecule has 64 heavy (non-hydrogen) atoms. The smallest absolute Gasteiger partial charge is 0.245 e. The lowest BCUT2D eigenvalue weighted by Gasteiger charge is -2.32. The fraction of sp³-hybridized carbons (Fsp3) is 0.522. The van der Waals surface area contributed by atoms with Crippen LogP contribution in [0.5, 0.6) is 0 Å². The highest BCUT2D eigenvalue weighted by Gasteiger charge is 2.36. The third kappa shape index (κ3) is 14.3. The third-order valence-corrected chi connectivity index (χ3v) is 12.1. The van der Waals surface area contributed by atoms with Gasteiger partial charge in [0.15, 0.2) is 5.96 Å². The van der Waals surface area contributed by atoms with E-state index in [9.17, 15) is 33.6 Å². The van der Waals surface area contributed by atoms with Crippen LogP contribution in [0.2, 0.25) is 0 Å².